The molecule has 2 N–H and O–H groups in total. The number of halogens is 3. The van der Waals surface area contributed by atoms with Crippen molar-refractivity contribution in [1.29, 1.82) is 0 Å². The minimum atomic E-state index is -4.40. The van der Waals surface area contributed by atoms with Gasteiger partial charge in [0.15, 0.2) is 11.7 Å². The fourth-order valence-electron chi connectivity index (χ4n) is 2.70. The summed E-state index contributed by atoms with van der Waals surface area (Å²) < 4.78 is 39.7. The highest BCUT2D eigenvalue weighted by Crippen LogP contribution is 2.30. The Bertz CT molecular complexity index is 949. The molecule has 0 spiro atoms. The van der Waals surface area contributed by atoms with Crippen LogP contribution in [0.2, 0.25) is 0 Å². The van der Waals surface area contributed by atoms with Crippen LogP contribution >= 0.6 is 11.3 Å². The Kier molecular flexibility index (Phi) is 7.45. The summed E-state index contributed by atoms with van der Waals surface area (Å²) in [5.74, 6) is 0.626. The normalized spacial score (nSPS) is 12.2. The number of nitrogens with one attached hydrogen (secondary N) is 2. The smallest absolute Gasteiger partial charge is 0.357 e. The fraction of sp³-hybridized carbons (Fsp3) is 0.350. The van der Waals surface area contributed by atoms with E-state index in [9.17, 15) is 13.2 Å². The summed E-state index contributed by atoms with van der Waals surface area (Å²) in [5, 5.41) is 12.2. The number of aliphatic imine (C=N–C) groups is 1. The molecule has 3 rings (SSSR count). The second-order valence-corrected chi connectivity index (χ2v) is 7.38. The lowest BCUT2D eigenvalue weighted by Crippen LogP contribution is -2.38. The molecule has 0 unspecified atom stereocenters. The van der Waals surface area contributed by atoms with Crippen LogP contribution in [0.25, 0.3) is 5.69 Å². The molecule has 0 amide bonds. The molecule has 2 aromatic heterocycles. The fourth-order valence-corrected chi connectivity index (χ4v) is 3.49. The molecule has 3 aromatic rings. The second kappa shape index (κ2) is 10.2. The van der Waals surface area contributed by atoms with Crippen LogP contribution in [0, 0.1) is 0 Å². The molecule has 0 saturated heterocycles. The molecule has 0 aliphatic rings. The van der Waals surface area contributed by atoms with Gasteiger partial charge in [-0.25, -0.2) is 9.67 Å². The van der Waals surface area contributed by atoms with Gasteiger partial charge in [0.2, 0.25) is 0 Å². The maximum atomic E-state index is 12.6. The number of hydrogen-bond donors (Lipinski definition) is 2. The van der Waals surface area contributed by atoms with Crippen molar-refractivity contribution in [2.45, 2.75) is 25.9 Å². The third-order valence-corrected chi connectivity index (χ3v) is 5.05. The van der Waals surface area contributed by atoms with Gasteiger partial charge in [0.1, 0.15) is 0 Å². The van der Waals surface area contributed by atoms with Crippen LogP contribution in [-0.4, -0.2) is 40.4 Å². The zero-order chi connectivity index (χ0) is 21.4. The SMILES string of the molecule is CCNC(=NCCc1nc(C(F)(F)F)cs1)NCCc1cnn(-c2ccccc2)c1. The van der Waals surface area contributed by atoms with E-state index in [0.717, 1.165) is 34.4 Å². The summed E-state index contributed by atoms with van der Waals surface area (Å²) in [5.41, 5.74) is 1.25. The summed E-state index contributed by atoms with van der Waals surface area (Å²) >= 11 is 1.01. The Morgan fingerprint density at radius 2 is 1.97 bits per heavy atom. The van der Waals surface area contributed by atoms with Crippen LogP contribution in [0.1, 0.15) is 23.2 Å². The van der Waals surface area contributed by atoms with Crippen LogP contribution in [0.15, 0.2) is 53.1 Å². The molecule has 0 radical (unpaired) electrons. The largest absolute Gasteiger partial charge is 0.434 e. The second-order valence-electron chi connectivity index (χ2n) is 6.44. The van der Waals surface area contributed by atoms with Crippen molar-refractivity contribution in [2.75, 3.05) is 19.6 Å². The molecule has 160 valence electrons. The first-order valence-corrected chi connectivity index (χ1v) is 10.5. The molecule has 2 heterocycles. The van der Waals surface area contributed by atoms with Crippen LogP contribution < -0.4 is 10.6 Å². The molecule has 0 bridgehead atoms. The van der Waals surface area contributed by atoms with Gasteiger partial charge in [0, 0.05) is 37.6 Å². The van der Waals surface area contributed by atoms with E-state index in [1.54, 1.807) is 0 Å². The van der Waals surface area contributed by atoms with E-state index in [1.807, 2.05) is 54.3 Å². The van der Waals surface area contributed by atoms with Crippen LogP contribution in [0.3, 0.4) is 0 Å². The first-order chi connectivity index (χ1) is 14.5. The molecule has 0 fully saturated rings. The van der Waals surface area contributed by atoms with Crippen LogP contribution in [0.4, 0.5) is 13.2 Å². The molecule has 0 aliphatic heterocycles. The summed E-state index contributed by atoms with van der Waals surface area (Å²) in [6.45, 7) is 3.65. The Balaban J connectivity index is 1.48. The minimum Gasteiger partial charge on any atom is -0.357 e. The lowest BCUT2D eigenvalue weighted by molar-refractivity contribution is -0.140. The van der Waals surface area contributed by atoms with E-state index in [2.05, 4.69) is 25.7 Å². The lowest BCUT2D eigenvalue weighted by Gasteiger charge is -2.10. The van der Waals surface area contributed by atoms with Gasteiger partial charge in [0.05, 0.1) is 16.9 Å². The Labute approximate surface area is 176 Å². The number of guanidine groups is 1. The van der Waals surface area contributed by atoms with Crippen molar-refractivity contribution in [3.8, 4) is 5.69 Å². The number of aromatic nitrogens is 3. The van der Waals surface area contributed by atoms with E-state index < -0.39 is 11.9 Å². The molecule has 1 aromatic carbocycles. The molecule has 0 atom stereocenters. The van der Waals surface area contributed by atoms with Crippen molar-refractivity contribution in [3.63, 3.8) is 0 Å². The third kappa shape index (κ3) is 6.31. The number of alkyl halides is 3. The number of nitrogens with zero attached hydrogens (tertiary/aromatic N) is 4. The predicted octanol–water partition coefficient (Wildman–Crippen LogP) is 3.69. The molecule has 10 heteroatoms. The van der Waals surface area contributed by atoms with Gasteiger partial charge in [-0.1, -0.05) is 18.2 Å². The zero-order valence-electron chi connectivity index (χ0n) is 16.5. The van der Waals surface area contributed by atoms with Gasteiger partial charge in [-0.3, -0.25) is 4.99 Å². The van der Waals surface area contributed by atoms with Crippen molar-refractivity contribution in [2.24, 2.45) is 4.99 Å². The number of para-hydroxylation sites is 1. The van der Waals surface area contributed by atoms with Gasteiger partial charge in [0.25, 0.3) is 0 Å². The van der Waals surface area contributed by atoms with Gasteiger partial charge < -0.3 is 10.6 Å². The summed E-state index contributed by atoms with van der Waals surface area (Å²) in [7, 11) is 0. The molecular weight excluding hydrogens is 413 g/mol. The van der Waals surface area contributed by atoms with Gasteiger partial charge in [-0.05, 0) is 31.0 Å². The highest BCUT2D eigenvalue weighted by molar-refractivity contribution is 7.09. The van der Waals surface area contributed by atoms with Crippen LogP contribution in [0.5, 0.6) is 0 Å². The van der Waals surface area contributed by atoms with Crippen molar-refractivity contribution >= 4 is 17.3 Å². The first kappa shape index (κ1) is 21.8. The maximum Gasteiger partial charge on any atom is 0.434 e. The van der Waals surface area contributed by atoms with Crippen molar-refractivity contribution in [3.05, 3.63) is 64.4 Å². The number of benzene rings is 1. The third-order valence-electron chi connectivity index (χ3n) is 4.14. The molecule has 30 heavy (non-hydrogen) atoms. The number of hydrogen-bond acceptors (Lipinski definition) is 4. The predicted molar refractivity (Wildman–Crippen MR) is 112 cm³/mol. The Morgan fingerprint density at radius 3 is 2.67 bits per heavy atom. The summed E-state index contributed by atoms with van der Waals surface area (Å²) in [6, 6.07) is 9.87. The van der Waals surface area contributed by atoms with Crippen molar-refractivity contribution < 1.29 is 13.2 Å². The van der Waals surface area contributed by atoms with Gasteiger partial charge in [-0.15, -0.1) is 11.3 Å². The Morgan fingerprint density at radius 1 is 1.17 bits per heavy atom. The molecule has 0 saturated carbocycles. The number of thiazole rings is 1. The van der Waals surface area contributed by atoms with E-state index in [1.165, 1.54) is 0 Å². The van der Waals surface area contributed by atoms with Gasteiger partial charge in [-0.2, -0.15) is 18.3 Å². The van der Waals surface area contributed by atoms with E-state index in [4.69, 9.17) is 0 Å². The number of rotatable bonds is 8. The van der Waals surface area contributed by atoms with Gasteiger partial charge >= 0.3 is 6.18 Å². The average Bonchev–Trinajstić information content (AvgIpc) is 3.38. The quantitative estimate of drug-likeness (QED) is 0.418. The topological polar surface area (TPSA) is 67.1 Å². The molecular formula is C20H23F3N6S. The highest BCUT2D eigenvalue weighted by Gasteiger charge is 2.33. The average molecular weight is 437 g/mol. The van der Waals surface area contributed by atoms with E-state index in [0.29, 0.717) is 37.0 Å². The molecule has 0 aliphatic carbocycles. The summed E-state index contributed by atoms with van der Waals surface area (Å²) in [4.78, 5) is 8.05. The lowest BCUT2D eigenvalue weighted by atomic mass is 10.2. The zero-order valence-corrected chi connectivity index (χ0v) is 17.3. The first-order valence-electron chi connectivity index (χ1n) is 9.58. The van der Waals surface area contributed by atoms with E-state index in [-0.39, 0.29) is 0 Å². The minimum absolute atomic E-state index is 0.353. The monoisotopic (exact) mass is 436 g/mol. The van der Waals surface area contributed by atoms with E-state index >= 15 is 0 Å². The van der Waals surface area contributed by atoms with Crippen LogP contribution in [-0.2, 0) is 19.0 Å². The van der Waals surface area contributed by atoms with Crippen molar-refractivity contribution in [1.82, 2.24) is 25.4 Å². The standard InChI is InChI=1S/C20H23F3N6S/c1-2-24-19(26-11-9-18-28-17(14-30-18)20(21,22)23)25-10-8-15-12-27-29(13-15)16-6-4-3-5-7-16/h3-7,12-14H,2,8-11H2,1H3,(H2,24,25,26). The summed E-state index contributed by atoms with van der Waals surface area (Å²) in [6.07, 6.45) is 0.546. The molecule has 6 nitrogen and oxygen atoms in total. The maximum absolute atomic E-state index is 12.6. The Hall–Kier alpha value is -2.88. The highest BCUT2D eigenvalue weighted by atomic mass is 32.1.